The third-order valence-electron chi connectivity index (χ3n) is 1.64. The zero-order valence-corrected chi connectivity index (χ0v) is 13.1. The molecule has 1 unspecified atom stereocenters. The van der Waals surface area contributed by atoms with Crippen molar-refractivity contribution in [3.63, 3.8) is 0 Å². The standard InChI is InChI=1S/C8H11NO2S2.K/c1-9(2)7-3-5-8(6-4-7)13(10,11)12;/h3-6H,1-2H3,(H,10,11,12);/q;+1/p-1. The second-order valence-corrected chi connectivity index (χ2v) is 5.54. The minimum atomic E-state index is -3.48. The van der Waals surface area contributed by atoms with Crippen LogP contribution in [-0.2, 0) is 20.0 Å². The first-order valence-electron chi connectivity index (χ1n) is 3.64. The minimum absolute atomic E-state index is 0. The molecule has 0 N–H and O–H groups in total. The van der Waals surface area contributed by atoms with Crippen LogP contribution < -0.4 is 56.3 Å². The number of benzene rings is 1. The zero-order valence-electron chi connectivity index (χ0n) is 8.39. The summed E-state index contributed by atoms with van der Waals surface area (Å²) in [5.74, 6) is 0. The van der Waals surface area contributed by atoms with Crippen molar-refractivity contribution in [1.29, 1.82) is 0 Å². The van der Waals surface area contributed by atoms with Gasteiger partial charge in [0.1, 0.15) is 0 Å². The number of rotatable bonds is 2. The second kappa shape index (κ2) is 5.90. The average Bonchev–Trinajstić information content (AvgIpc) is 2.03. The van der Waals surface area contributed by atoms with Crippen molar-refractivity contribution in [3.8, 4) is 0 Å². The molecule has 3 nitrogen and oxygen atoms in total. The van der Waals surface area contributed by atoms with Crippen molar-refractivity contribution >= 4 is 25.6 Å². The maximum absolute atomic E-state index is 10.9. The SMILES string of the molecule is CN(C)c1ccc(S(=O)([O-])=S)cc1.[K+]. The van der Waals surface area contributed by atoms with E-state index in [1.165, 1.54) is 12.1 Å². The van der Waals surface area contributed by atoms with E-state index in [2.05, 4.69) is 11.2 Å². The van der Waals surface area contributed by atoms with Gasteiger partial charge < -0.3 is 9.45 Å². The molecule has 1 aromatic rings. The Morgan fingerprint density at radius 1 is 1.29 bits per heavy atom. The van der Waals surface area contributed by atoms with Crippen LogP contribution in [0.1, 0.15) is 0 Å². The molecular formula is C8H10KNO2S2. The van der Waals surface area contributed by atoms with Crippen molar-refractivity contribution < 1.29 is 60.1 Å². The van der Waals surface area contributed by atoms with E-state index in [4.69, 9.17) is 0 Å². The van der Waals surface area contributed by atoms with Crippen LogP contribution in [0.4, 0.5) is 5.69 Å². The molecule has 0 amide bonds. The Morgan fingerprint density at radius 3 is 2.00 bits per heavy atom. The summed E-state index contributed by atoms with van der Waals surface area (Å²) < 4.78 is 21.8. The van der Waals surface area contributed by atoms with Crippen molar-refractivity contribution in [2.45, 2.75) is 4.90 Å². The number of nitrogens with zero attached hydrogens (tertiary/aromatic N) is 1. The van der Waals surface area contributed by atoms with E-state index < -0.39 is 8.77 Å². The van der Waals surface area contributed by atoms with E-state index >= 15 is 0 Å². The van der Waals surface area contributed by atoms with Crippen LogP contribution in [0.5, 0.6) is 0 Å². The normalized spacial score (nSPS) is 13.9. The van der Waals surface area contributed by atoms with Crippen LogP contribution in [0.25, 0.3) is 0 Å². The Bertz CT molecular complexity index is 386. The molecule has 0 aromatic heterocycles. The Hall–Kier alpha value is 0.986. The number of hydrogen-bond acceptors (Lipinski definition) is 4. The zero-order chi connectivity index (χ0) is 10.1. The molecule has 1 aromatic carbocycles. The van der Waals surface area contributed by atoms with Crippen LogP contribution >= 0.6 is 0 Å². The predicted molar refractivity (Wildman–Crippen MR) is 55.3 cm³/mol. The Balaban J connectivity index is 0.00000169. The first kappa shape index (κ1) is 15.0. The van der Waals surface area contributed by atoms with Gasteiger partial charge in [-0.3, -0.25) is 4.21 Å². The Kier molecular flexibility index (Phi) is 6.32. The molecule has 0 spiro atoms. The van der Waals surface area contributed by atoms with Gasteiger partial charge in [0.2, 0.25) is 0 Å². The van der Waals surface area contributed by atoms with Crippen molar-refractivity contribution in [1.82, 2.24) is 0 Å². The molecule has 0 saturated heterocycles. The predicted octanol–water partition coefficient (Wildman–Crippen LogP) is -2.01. The number of hydrogen-bond donors (Lipinski definition) is 0. The molecule has 72 valence electrons. The van der Waals surface area contributed by atoms with Crippen molar-refractivity contribution in [3.05, 3.63) is 24.3 Å². The van der Waals surface area contributed by atoms with E-state index in [0.29, 0.717) is 0 Å². The monoisotopic (exact) mass is 255 g/mol. The summed E-state index contributed by atoms with van der Waals surface area (Å²) in [5.41, 5.74) is 0.947. The van der Waals surface area contributed by atoms with Crippen LogP contribution in [0.15, 0.2) is 29.2 Å². The molecule has 0 radical (unpaired) electrons. The topological polar surface area (TPSA) is 43.4 Å². The second-order valence-electron chi connectivity index (χ2n) is 2.84. The van der Waals surface area contributed by atoms with Gasteiger partial charge >= 0.3 is 51.4 Å². The Morgan fingerprint density at radius 2 is 1.71 bits per heavy atom. The molecule has 0 fully saturated rings. The van der Waals surface area contributed by atoms with Crippen molar-refractivity contribution in [2.24, 2.45) is 0 Å². The van der Waals surface area contributed by atoms with E-state index in [9.17, 15) is 8.76 Å². The van der Waals surface area contributed by atoms with Gasteiger partial charge in [-0.15, -0.1) is 0 Å². The van der Waals surface area contributed by atoms with E-state index in [0.717, 1.165) is 5.69 Å². The molecule has 0 aliphatic rings. The minimum Gasteiger partial charge on any atom is -0.766 e. The fraction of sp³-hybridized carbons (Fsp3) is 0.250. The average molecular weight is 255 g/mol. The number of anilines is 1. The molecule has 0 saturated carbocycles. The third-order valence-corrected chi connectivity index (χ3v) is 3.07. The first-order chi connectivity index (χ1) is 5.91. The van der Waals surface area contributed by atoms with Gasteiger partial charge in [0.05, 0.1) is 0 Å². The van der Waals surface area contributed by atoms with Gasteiger partial charge in [-0.2, -0.15) is 0 Å². The van der Waals surface area contributed by atoms with Gasteiger partial charge in [0.25, 0.3) is 0 Å². The molecule has 0 bridgehead atoms. The smallest absolute Gasteiger partial charge is 0.766 e. The van der Waals surface area contributed by atoms with Gasteiger partial charge in [-0.25, -0.2) is 0 Å². The molecule has 1 atom stereocenters. The van der Waals surface area contributed by atoms with Gasteiger partial charge in [0, 0.05) is 24.7 Å². The molecule has 0 aliphatic heterocycles. The molecule has 0 aliphatic carbocycles. The molecule has 0 heterocycles. The summed E-state index contributed by atoms with van der Waals surface area (Å²) in [7, 11) is 0.292. The van der Waals surface area contributed by atoms with Crippen molar-refractivity contribution in [2.75, 3.05) is 19.0 Å². The van der Waals surface area contributed by atoms with E-state index in [1.54, 1.807) is 12.1 Å². The fourth-order valence-electron chi connectivity index (χ4n) is 0.911. The van der Waals surface area contributed by atoms with Crippen LogP contribution in [0.2, 0.25) is 0 Å². The largest absolute Gasteiger partial charge is 1.00 e. The molecule has 6 heteroatoms. The third kappa shape index (κ3) is 4.24. The maximum Gasteiger partial charge on any atom is 1.00 e. The van der Waals surface area contributed by atoms with Gasteiger partial charge in [-0.1, -0.05) is 0 Å². The Labute approximate surface area is 132 Å². The quantitative estimate of drug-likeness (QED) is 0.573. The van der Waals surface area contributed by atoms with Crippen LogP contribution in [0.3, 0.4) is 0 Å². The summed E-state index contributed by atoms with van der Waals surface area (Å²) in [5, 5.41) is 0. The van der Waals surface area contributed by atoms with Gasteiger partial charge in [0.15, 0.2) is 0 Å². The van der Waals surface area contributed by atoms with Crippen LogP contribution in [0, 0.1) is 0 Å². The first-order valence-corrected chi connectivity index (χ1v) is 6.05. The summed E-state index contributed by atoms with van der Waals surface area (Å²) in [6.07, 6.45) is 0. The fourth-order valence-corrected chi connectivity index (χ4v) is 1.71. The summed E-state index contributed by atoms with van der Waals surface area (Å²) >= 11 is 4.32. The summed E-state index contributed by atoms with van der Waals surface area (Å²) in [6, 6.07) is 6.47. The van der Waals surface area contributed by atoms with E-state index in [1.807, 2.05) is 19.0 Å². The summed E-state index contributed by atoms with van der Waals surface area (Å²) in [6.45, 7) is 0. The maximum atomic E-state index is 10.9. The van der Waals surface area contributed by atoms with Crippen LogP contribution in [-0.4, -0.2) is 22.9 Å². The summed E-state index contributed by atoms with van der Waals surface area (Å²) in [4.78, 5) is 2.06. The van der Waals surface area contributed by atoms with Gasteiger partial charge in [-0.05, 0) is 44.2 Å². The molecular weight excluding hydrogens is 245 g/mol. The molecule has 14 heavy (non-hydrogen) atoms. The van der Waals surface area contributed by atoms with E-state index in [-0.39, 0.29) is 56.3 Å². The molecule has 1 rings (SSSR count).